The second kappa shape index (κ2) is 8.58. The number of methoxy groups -OCH3 is 1. The van der Waals surface area contributed by atoms with Crippen molar-refractivity contribution < 1.29 is 19.4 Å². The molecule has 0 aromatic heterocycles. The Morgan fingerprint density at radius 2 is 2.19 bits per heavy atom. The van der Waals surface area contributed by atoms with Crippen LogP contribution in [0.1, 0.15) is 57.2 Å². The van der Waals surface area contributed by atoms with E-state index in [-0.39, 0.29) is 18.2 Å². The summed E-state index contributed by atoms with van der Waals surface area (Å²) in [6, 6.07) is 2.10. The number of rotatable bonds is 5. The Kier molecular flexibility index (Phi) is 6.02. The molecule has 0 spiro atoms. The van der Waals surface area contributed by atoms with Crippen molar-refractivity contribution in [3.8, 4) is 17.2 Å². The number of nitrogens with zero attached hydrogens (tertiary/aromatic N) is 2. The average Bonchev–Trinajstić information content (AvgIpc) is 3.20. The largest absolute Gasteiger partial charge is 0.492 e. The molecule has 1 N–H and O–H groups in total. The van der Waals surface area contributed by atoms with Crippen molar-refractivity contribution in [1.82, 2.24) is 4.90 Å². The number of oxime groups is 1. The monoisotopic (exact) mass is 426 g/mol. The van der Waals surface area contributed by atoms with Crippen LogP contribution in [0.4, 0.5) is 0 Å². The van der Waals surface area contributed by atoms with Gasteiger partial charge in [0.1, 0.15) is 0 Å². The molecule has 0 bridgehead atoms. The lowest BCUT2D eigenvalue weighted by molar-refractivity contribution is 0.170. The molecule has 0 radical (unpaired) electrons. The van der Waals surface area contributed by atoms with E-state index in [0.29, 0.717) is 23.8 Å². The van der Waals surface area contributed by atoms with Crippen LogP contribution in [0, 0.1) is 11.3 Å². The van der Waals surface area contributed by atoms with Gasteiger partial charge in [-0.15, -0.1) is 0 Å². The number of hydrogen-bond acceptors (Lipinski definition) is 6. The van der Waals surface area contributed by atoms with E-state index in [0.717, 1.165) is 42.9 Å². The molecule has 2 heterocycles. The molecule has 1 aromatic carbocycles. The highest BCUT2D eigenvalue weighted by molar-refractivity contribution is 5.95. The van der Waals surface area contributed by atoms with Gasteiger partial charge in [-0.05, 0) is 56.4 Å². The normalized spacial score (nSPS) is 25.5. The maximum absolute atomic E-state index is 9.83. The highest BCUT2D eigenvalue weighted by Gasteiger charge is 2.35. The van der Waals surface area contributed by atoms with E-state index >= 15 is 0 Å². The zero-order valence-corrected chi connectivity index (χ0v) is 19.3. The van der Waals surface area contributed by atoms with Crippen molar-refractivity contribution in [2.75, 3.05) is 27.5 Å². The standard InChI is InChI=1S/C25H34N2O4/c1-16-7-6-11-25(2,3)19(16)9-8-18(26-28)14-20-22-17(10-12-27(20)4)13-21-23(24(22)29-5)31-15-30-21/h7-9,13,19-20,28H,6,10-12,14-15H2,1-5H3/b9-8+,26-18-/t19-,20+/m1/s1. The van der Waals surface area contributed by atoms with Gasteiger partial charge < -0.3 is 19.4 Å². The SMILES string of the molecule is COc1c2c(cc3c1[C@H](CC(/C=C/[C@@H]1C(C)=CCCC1(C)C)=N\O)N(C)CC3)OCO2. The van der Waals surface area contributed by atoms with Crippen LogP contribution in [-0.2, 0) is 6.42 Å². The number of likely N-dealkylation sites (N-methyl/N-ethyl adjacent to an activating group) is 1. The molecular formula is C25H34N2O4. The molecule has 31 heavy (non-hydrogen) atoms. The van der Waals surface area contributed by atoms with Gasteiger partial charge in [0.2, 0.25) is 12.5 Å². The van der Waals surface area contributed by atoms with Gasteiger partial charge in [-0.3, -0.25) is 4.90 Å². The van der Waals surface area contributed by atoms with E-state index in [2.05, 4.69) is 56.1 Å². The zero-order valence-electron chi connectivity index (χ0n) is 19.3. The van der Waals surface area contributed by atoms with Crippen LogP contribution in [0.25, 0.3) is 0 Å². The van der Waals surface area contributed by atoms with Gasteiger partial charge in [0.25, 0.3) is 0 Å². The zero-order chi connectivity index (χ0) is 22.2. The van der Waals surface area contributed by atoms with Crippen LogP contribution in [0.3, 0.4) is 0 Å². The minimum absolute atomic E-state index is 0.0276. The van der Waals surface area contributed by atoms with Crippen LogP contribution in [0.15, 0.2) is 35.0 Å². The van der Waals surface area contributed by atoms with E-state index in [9.17, 15) is 5.21 Å². The lowest BCUT2D eigenvalue weighted by atomic mass is 9.68. The van der Waals surface area contributed by atoms with Crippen LogP contribution >= 0.6 is 0 Å². The van der Waals surface area contributed by atoms with Crippen molar-refractivity contribution in [3.05, 3.63) is 41.0 Å². The van der Waals surface area contributed by atoms with Crippen molar-refractivity contribution in [2.45, 2.75) is 52.5 Å². The first-order chi connectivity index (χ1) is 14.9. The first kappa shape index (κ1) is 21.8. The Balaban J connectivity index is 1.63. The smallest absolute Gasteiger partial charge is 0.231 e. The van der Waals surface area contributed by atoms with Gasteiger partial charge in [0.05, 0.1) is 12.8 Å². The fourth-order valence-electron chi connectivity index (χ4n) is 5.31. The molecule has 168 valence electrons. The Morgan fingerprint density at radius 3 is 2.90 bits per heavy atom. The number of fused-ring (bicyclic) bond motifs is 2. The highest BCUT2D eigenvalue weighted by atomic mass is 16.7. The van der Waals surface area contributed by atoms with E-state index in [1.54, 1.807) is 7.11 Å². The van der Waals surface area contributed by atoms with Crippen LogP contribution in [0.2, 0.25) is 0 Å². The van der Waals surface area contributed by atoms with E-state index in [1.807, 2.05) is 6.08 Å². The van der Waals surface area contributed by atoms with Crippen LogP contribution in [0.5, 0.6) is 17.2 Å². The lowest BCUT2D eigenvalue weighted by Crippen LogP contribution is -2.34. The summed E-state index contributed by atoms with van der Waals surface area (Å²) in [6.45, 7) is 7.95. The average molecular weight is 427 g/mol. The molecule has 1 aliphatic carbocycles. The summed E-state index contributed by atoms with van der Waals surface area (Å²) in [5.74, 6) is 2.49. The number of allylic oxidation sites excluding steroid dienone is 4. The summed E-state index contributed by atoms with van der Waals surface area (Å²) in [5, 5.41) is 13.5. The van der Waals surface area contributed by atoms with Gasteiger partial charge >= 0.3 is 0 Å². The predicted octanol–water partition coefficient (Wildman–Crippen LogP) is 5.11. The van der Waals surface area contributed by atoms with Gasteiger partial charge in [0, 0.05) is 30.5 Å². The fourth-order valence-corrected chi connectivity index (χ4v) is 5.31. The Hall–Kier alpha value is -2.47. The molecule has 0 amide bonds. The molecule has 2 atom stereocenters. The highest BCUT2D eigenvalue weighted by Crippen LogP contribution is 2.50. The van der Waals surface area contributed by atoms with Crippen LogP contribution < -0.4 is 14.2 Å². The molecule has 0 saturated heterocycles. The van der Waals surface area contributed by atoms with Crippen molar-refractivity contribution in [2.24, 2.45) is 16.5 Å². The number of ether oxygens (including phenoxy) is 3. The third kappa shape index (κ3) is 4.05. The Morgan fingerprint density at radius 1 is 1.39 bits per heavy atom. The molecule has 0 saturated carbocycles. The van der Waals surface area contributed by atoms with E-state index in [4.69, 9.17) is 14.2 Å². The lowest BCUT2D eigenvalue weighted by Gasteiger charge is -2.37. The third-order valence-electron chi connectivity index (χ3n) is 7.15. The molecule has 0 fully saturated rings. The number of benzene rings is 1. The molecule has 6 heteroatoms. The molecular weight excluding hydrogens is 392 g/mol. The number of hydrogen-bond donors (Lipinski definition) is 1. The third-order valence-corrected chi connectivity index (χ3v) is 7.15. The summed E-state index contributed by atoms with van der Waals surface area (Å²) in [7, 11) is 3.78. The van der Waals surface area contributed by atoms with E-state index in [1.165, 1.54) is 11.1 Å². The summed E-state index contributed by atoms with van der Waals surface area (Å²) < 4.78 is 17.1. The topological polar surface area (TPSA) is 63.5 Å². The van der Waals surface area contributed by atoms with Gasteiger partial charge in [-0.25, -0.2) is 0 Å². The molecule has 1 aromatic rings. The quantitative estimate of drug-likeness (QED) is 0.307. The maximum atomic E-state index is 9.83. The molecule has 2 aliphatic heterocycles. The second-order valence-corrected chi connectivity index (χ2v) is 9.57. The summed E-state index contributed by atoms with van der Waals surface area (Å²) in [6.07, 6.45) is 10.3. The van der Waals surface area contributed by atoms with Gasteiger partial charge in [0.15, 0.2) is 11.5 Å². The second-order valence-electron chi connectivity index (χ2n) is 9.57. The summed E-state index contributed by atoms with van der Waals surface area (Å²) in [4.78, 5) is 2.29. The minimum Gasteiger partial charge on any atom is -0.492 e. The minimum atomic E-state index is 0.0276. The first-order valence-electron chi connectivity index (χ1n) is 11.1. The predicted molar refractivity (Wildman–Crippen MR) is 121 cm³/mol. The van der Waals surface area contributed by atoms with E-state index < -0.39 is 0 Å². The summed E-state index contributed by atoms with van der Waals surface area (Å²) >= 11 is 0. The van der Waals surface area contributed by atoms with Gasteiger partial charge in [-0.2, -0.15) is 0 Å². The molecule has 6 nitrogen and oxygen atoms in total. The maximum Gasteiger partial charge on any atom is 0.231 e. The molecule has 0 unspecified atom stereocenters. The Labute approximate surface area is 185 Å². The first-order valence-corrected chi connectivity index (χ1v) is 11.1. The molecule has 3 aliphatic rings. The molecule has 4 rings (SSSR count). The summed E-state index contributed by atoms with van der Waals surface area (Å²) in [5.41, 5.74) is 4.56. The van der Waals surface area contributed by atoms with Crippen molar-refractivity contribution in [3.63, 3.8) is 0 Å². The Bertz CT molecular complexity index is 932. The van der Waals surface area contributed by atoms with Crippen molar-refractivity contribution >= 4 is 5.71 Å². The van der Waals surface area contributed by atoms with Crippen LogP contribution in [-0.4, -0.2) is 43.3 Å². The van der Waals surface area contributed by atoms with Gasteiger partial charge in [-0.1, -0.05) is 36.7 Å². The van der Waals surface area contributed by atoms with Crippen molar-refractivity contribution in [1.29, 1.82) is 0 Å². The fraction of sp³-hybridized carbons (Fsp3) is 0.560.